The molecule has 3 aromatic carbocycles. The molecular weight excluding hydrogens is 450 g/mol. The minimum atomic E-state index is -0.335. The summed E-state index contributed by atoms with van der Waals surface area (Å²) in [5, 5.41) is 3.53. The van der Waals surface area contributed by atoms with Gasteiger partial charge in [-0.3, -0.25) is 0 Å². The van der Waals surface area contributed by atoms with Crippen molar-refractivity contribution < 1.29 is 14.3 Å². The van der Waals surface area contributed by atoms with Gasteiger partial charge in [0.25, 0.3) is 0 Å². The molecule has 2 heterocycles. The lowest BCUT2D eigenvalue weighted by Gasteiger charge is -2.31. The monoisotopic (exact) mass is 473 g/mol. The van der Waals surface area contributed by atoms with Crippen molar-refractivity contribution in [3.63, 3.8) is 0 Å². The minimum absolute atomic E-state index is 0.258. The molecule has 0 unspecified atom stereocenters. The van der Waals surface area contributed by atoms with E-state index in [2.05, 4.69) is 28.1 Å². The predicted octanol–water partition coefficient (Wildman–Crippen LogP) is 6.29. The highest BCUT2D eigenvalue weighted by Gasteiger charge is 2.33. The van der Waals surface area contributed by atoms with Gasteiger partial charge < -0.3 is 24.3 Å². The van der Waals surface area contributed by atoms with Crippen LogP contribution in [0.2, 0.25) is 5.02 Å². The van der Waals surface area contributed by atoms with E-state index in [1.807, 2.05) is 53.6 Å². The van der Waals surface area contributed by atoms with E-state index in [0.717, 1.165) is 28.3 Å². The lowest BCUT2D eigenvalue weighted by molar-refractivity contribution is 0.194. The van der Waals surface area contributed by atoms with Crippen LogP contribution in [0.15, 0.2) is 85.1 Å². The number of urea groups is 1. The van der Waals surface area contributed by atoms with Crippen LogP contribution < -0.4 is 14.8 Å². The Morgan fingerprint density at radius 3 is 2.53 bits per heavy atom. The number of amides is 2. The molecule has 1 N–H and O–H groups in total. The smallest absolute Gasteiger partial charge is 0.323 e. The number of methoxy groups -OCH3 is 2. The van der Waals surface area contributed by atoms with E-state index < -0.39 is 0 Å². The van der Waals surface area contributed by atoms with Crippen LogP contribution in [-0.2, 0) is 6.54 Å². The predicted molar refractivity (Wildman–Crippen MR) is 133 cm³/mol. The van der Waals surface area contributed by atoms with Gasteiger partial charge in [-0.15, -0.1) is 0 Å². The Morgan fingerprint density at radius 1 is 0.971 bits per heavy atom. The van der Waals surface area contributed by atoms with Gasteiger partial charge in [0.05, 0.1) is 38.2 Å². The zero-order valence-corrected chi connectivity index (χ0v) is 19.6. The molecule has 4 aromatic rings. The molecule has 1 aliphatic heterocycles. The maximum absolute atomic E-state index is 13.8. The van der Waals surface area contributed by atoms with Crippen molar-refractivity contribution in [2.45, 2.75) is 12.6 Å². The molecule has 7 heteroatoms. The molecule has 0 bridgehead atoms. The Kier molecular flexibility index (Phi) is 5.90. The molecule has 34 heavy (non-hydrogen) atoms. The van der Waals surface area contributed by atoms with Gasteiger partial charge in [-0.25, -0.2) is 4.79 Å². The molecule has 0 fully saturated rings. The van der Waals surface area contributed by atoms with E-state index >= 15 is 0 Å². The number of halogens is 1. The van der Waals surface area contributed by atoms with Gasteiger partial charge in [-0.2, -0.15) is 0 Å². The number of carbonyl (C=O) groups is 1. The zero-order chi connectivity index (χ0) is 23.7. The summed E-state index contributed by atoms with van der Waals surface area (Å²) in [5.41, 5.74) is 4.58. The number of hydrogen-bond donors (Lipinski definition) is 1. The highest BCUT2D eigenvalue weighted by atomic mass is 35.5. The average molecular weight is 474 g/mol. The van der Waals surface area contributed by atoms with Crippen molar-refractivity contribution in [2.24, 2.45) is 0 Å². The summed E-state index contributed by atoms with van der Waals surface area (Å²) in [6.07, 6.45) is 2.03. The first kappa shape index (κ1) is 21.9. The number of nitrogens with one attached hydrogen (secondary N) is 1. The average Bonchev–Trinajstić information content (AvgIpc) is 3.28. The van der Waals surface area contributed by atoms with Crippen LogP contribution in [0.4, 0.5) is 10.5 Å². The van der Waals surface area contributed by atoms with Crippen LogP contribution >= 0.6 is 11.6 Å². The summed E-state index contributed by atoms with van der Waals surface area (Å²) in [7, 11) is 3.20. The third-order valence-corrected chi connectivity index (χ3v) is 6.29. The lowest BCUT2D eigenvalue weighted by atomic mass is 10.0. The van der Waals surface area contributed by atoms with Crippen molar-refractivity contribution >= 4 is 23.3 Å². The van der Waals surface area contributed by atoms with Crippen LogP contribution in [0.1, 0.15) is 22.9 Å². The number of rotatable bonds is 4. The molecule has 0 radical (unpaired) electrons. The van der Waals surface area contributed by atoms with E-state index in [4.69, 9.17) is 21.1 Å². The second kappa shape index (κ2) is 9.15. The molecule has 0 aliphatic carbocycles. The molecular formula is C27H24ClN3O3. The quantitative estimate of drug-likeness (QED) is 0.379. The zero-order valence-electron chi connectivity index (χ0n) is 18.9. The Bertz CT molecular complexity index is 1330. The Labute approximate surface area is 203 Å². The van der Waals surface area contributed by atoms with Gasteiger partial charge >= 0.3 is 6.03 Å². The number of aromatic nitrogens is 1. The molecule has 6 nitrogen and oxygen atoms in total. The Morgan fingerprint density at radius 2 is 1.76 bits per heavy atom. The fourth-order valence-electron chi connectivity index (χ4n) is 4.44. The fourth-order valence-corrected chi connectivity index (χ4v) is 4.61. The number of benzene rings is 3. The van der Waals surface area contributed by atoms with Gasteiger partial charge in [-0.1, -0.05) is 41.9 Å². The Balaban J connectivity index is 1.62. The maximum atomic E-state index is 13.8. The molecule has 1 atom stereocenters. The molecule has 0 saturated heterocycles. The van der Waals surface area contributed by atoms with E-state index in [-0.39, 0.29) is 12.1 Å². The summed E-state index contributed by atoms with van der Waals surface area (Å²) in [6.45, 7) is 0.420. The summed E-state index contributed by atoms with van der Waals surface area (Å²) in [4.78, 5) is 15.7. The second-order valence-corrected chi connectivity index (χ2v) is 8.45. The summed E-state index contributed by atoms with van der Waals surface area (Å²) >= 11 is 6.21. The van der Waals surface area contributed by atoms with Crippen LogP contribution in [-0.4, -0.2) is 29.7 Å². The van der Waals surface area contributed by atoms with Crippen LogP contribution in [0.3, 0.4) is 0 Å². The van der Waals surface area contributed by atoms with E-state index in [9.17, 15) is 4.79 Å². The molecule has 172 valence electrons. The number of ether oxygens (including phenoxy) is 2. The van der Waals surface area contributed by atoms with Crippen LogP contribution in [0, 0.1) is 0 Å². The molecule has 0 saturated carbocycles. The third kappa shape index (κ3) is 3.97. The number of fused-ring (bicyclic) bond motifs is 3. The van der Waals surface area contributed by atoms with Crippen LogP contribution in [0.5, 0.6) is 11.5 Å². The first-order valence-electron chi connectivity index (χ1n) is 10.9. The topological polar surface area (TPSA) is 55.7 Å². The molecule has 1 aromatic heterocycles. The van der Waals surface area contributed by atoms with Gasteiger partial charge in [0.2, 0.25) is 0 Å². The third-order valence-electron chi connectivity index (χ3n) is 6.06. The molecule has 5 rings (SSSR count). The van der Waals surface area contributed by atoms with E-state index in [1.54, 1.807) is 32.4 Å². The number of anilines is 1. The normalized spacial score (nSPS) is 14.6. The highest BCUT2D eigenvalue weighted by molar-refractivity contribution is 6.31. The molecule has 0 spiro atoms. The SMILES string of the molecule is COc1ccc([C@@H]2c3cccn3-c3ccccc3CN2C(=O)Nc2cc(Cl)ccc2OC)cc1. The van der Waals surface area contributed by atoms with Crippen molar-refractivity contribution in [1.29, 1.82) is 0 Å². The van der Waals surface area contributed by atoms with Crippen molar-refractivity contribution in [1.82, 2.24) is 9.47 Å². The summed E-state index contributed by atoms with van der Waals surface area (Å²) in [6, 6.07) is 24.6. The molecule has 1 aliphatic rings. The standard InChI is InChI=1S/C27H24ClN3O3/c1-33-21-12-9-18(10-13-21)26-24-8-5-15-30(24)23-7-4-3-6-19(23)17-31(26)27(32)29-22-16-20(28)11-14-25(22)34-2/h3-16,26H,17H2,1-2H3,(H,29,32)/t26-/m1/s1. The van der Waals surface area contributed by atoms with Gasteiger partial charge in [0, 0.05) is 16.9 Å². The largest absolute Gasteiger partial charge is 0.497 e. The first-order valence-corrected chi connectivity index (χ1v) is 11.3. The second-order valence-electron chi connectivity index (χ2n) is 8.01. The highest BCUT2D eigenvalue weighted by Crippen LogP contribution is 2.38. The van der Waals surface area contributed by atoms with Crippen molar-refractivity contribution in [3.05, 3.63) is 107 Å². The number of nitrogens with zero attached hydrogens (tertiary/aromatic N) is 2. The number of para-hydroxylation sites is 1. The van der Waals surface area contributed by atoms with Gasteiger partial charge in [-0.05, 0) is 59.7 Å². The van der Waals surface area contributed by atoms with E-state index in [1.165, 1.54) is 0 Å². The van der Waals surface area contributed by atoms with Gasteiger partial charge in [0.1, 0.15) is 11.5 Å². The number of hydrogen-bond acceptors (Lipinski definition) is 3. The first-order chi connectivity index (χ1) is 16.6. The van der Waals surface area contributed by atoms with E-state index in [0.29, 0.717) is 23.0 Å². The minimum Gasteiger partial charge on any atom is -0.497 e. The van der Waals surface area contributed by atoms with Crippen molar-refractivity contribution in [2.75, 3.05) is 19.5 Å². The van der Waals surface area contributed by atoms with Crippen molar-refractivity contribution in [3.8, 4) is 17.2 Å². The van der Waals surface area contributed by atoms with Crippen LogP contribution in [0.25, 0.3) is 5.69 Å². The summed E-state index contributed by atoms with van der Waals surface area (Å²) < 4.78 is 12.9. The maximum Gasteiger partial charge on any atom is 0.323 e. The lowest BCUT2D eigenvalue weighted by Crippen LogP contribution is -2.38. The fraction of sp³-hybridized carbons (Fsp3) is 0.148. The number of carbonyl (C=O) groups excluding carboxylic acids is 1. The Hall–Kier alpha value is -3.90. The summed E-state index contributed by atoms with van der Waals surface area (Å²) in [5.74, 6) is 1.30. The molecule has 2 amide bonds. The van der Waals surface area contributed by atoms with Gasteiger partial charge in [0.15, 0.2) is 0 Å².